The molecule has 1 fully saturated rings. The van der Waals surface area contributed by atoms with Crippen molar-refractivity contribution >= 4 is 24.5 Å². The summed E-state index contributed by atoms with van der Waals surface area (Å²) in [6.45, 7) is 13.0. The lowest BCUT2D eigenvalue weighted by molar-refractivity contribution is 0.00578. The van der Waals surface area contributed by atoms with E-state index in [9.17, 15) is 0 Å². The average molecular weight is 374 g/mol. The Morgan fingerprint density at radius 3 is 2.27 bits per heavy atom. The molecule has 2 heterocycles. The van der Waals surface area contributed by atoms with Gasteiger partial charge in [-0.3, -0.25) is 0 Å². The summed E-state index contributed by atoms with van der Waals surface area (Å²) in [5.41, 5.74) is 1.99. The molecular formula is C22H35BO2S. The van der Waals surface area contributed by atoms with E-state index in [0.717, 1.165) is 12.8 Å². The molecule has 0 aliphatic carbocycles. The highest BCUT2D eigenvalue weighted by atomic mass is 32.1. The van der Waals surface area contributed by atoms with E-state index in [1.807, 2.05) is 0 Å². The molecule has 1 aliphatic rings. The van der Waals surface area contributed by atoms with E-state index in [0.29, 0.717) is 0 Å². The second-order valence-electron chi connectivity index (χ2n) is 8.18. The first-order chi connectivity index (χ1) is 12.3. The molecule has 1 aromatic rings. The molecule has 0 amide bonds. The molecule has 0 aromatic carbocycles. The van der Waals surface area contributed by atoms with Crippen LogP contribution in [0, 0.1) is 0 Å². The lowest BCUT2D eigenvalue weighted by atomic mass is 9.71. The molecule has 0 bridgehead atoms. The fraction of sp³-hybridized carbons (Fsp3) is 0.636. The minimum absolute atomic E-state index is 0.278. The van der Waals surface area contributed by atoms with Crippen LogP contribution in [0.5, 0.6) is 0 Å². The molecule has 0 N–H and O–H groups in total. The van der Waals surface area contributed by atoms with Gasteiger partial charge in [0.2, 0.25) is 0 Å². The number of allylic oxidation sites excluding steroid dienone is 3. The first-order valence-electron chi connectivity index (χ1n) is 10.1. The molecule has 144 valence electrons. The van der Waals surface area contributed by atoms with Gasteiger partial charge in [0, 0.05) is 4.88 Å². The van der Waals surface area contributed by atoms with Crippen LogP contribution in [-0.4, -0.2) is 18.3 Å². The Kier molecular flexibility index (Phi) is 7.75. The average Bonchev–Trinajstić information content (AvgIpc) is 3.14. The van der Waals surface area contributed by atoms with Gasteiger partial charge in [-0.2, -0.15) is 0 Å². The van der Waals surface area contributed by atoms with Gasteiger partial charge in [-0.25, -0.2) is 0 Å². The fourth-order valence-corrected chi connectivity index (χ4v) is 3.70. The third-order valence-corrected chi connectivity index (χ3v) is 6.28. The maximum absolute atomic E-state index is 6.41. The van der Waals surface area contributed by atoms with Crippen molar-refractivity contribution in [2.45, 2.75) is 91.3 Å². The molecule has 4 heteroatoms. The number of thiophene rings is 1. The van der Waals surface area contributed by atoms with E-state index in [4.69, 9.17) is 9.31 Å². The van der Waals surface area contributed by atoms with Gasteiger partial charge in [0.25, 0.3) is 0 Å². The van der Waals surface area contributed by atoms with Crippen molar-refractivity contribution in [1.29, 1.82) is 0 Å². The smallest absolute Gasteiger partial charge is 0.399 e. The predicted molar refractivity (Wildman–Crippen MR) is 116 cm³/mol. The van der Waals surface area contributed by atoms with Crippen LogP contribution in [0.2, 0.25) is 0 Å². The van der Waals surface area contributed by atoms with Crippen LogP contribution in [0.15, 0.2) is 34.6 Å². The standard InChI is InChI=1S/C22H35BO2S/c1-7-9-11-15-20(23-24-21(3,4)22(5,6)25-23)18(13-10-8-2)17-19-14-12-16-26-19/h12,14-17H,7-11,13H2,1-6H3/b18-17+,20-15-. The van der Waals surface area contributed by atoms with Crippen molar-refractivity contribution in [3.8, 4) is 0 Å². The Morgan fingerprint density at radius 1 is 1.08 bits per heavy atom. The minimum Gasteiger partial charge on any atom is -0.399 e. The van der Waals surface area contributed by atoms with Crippen LogP contribution >= 0.6 is 11.3 Å². The Hall–Kier alpha value is -0.835. The summed E-state index contributed by atoms with van der Waals surface area (Å²) in [6.07, 6.45) is 11.6. The van der Waals surface area contributed by atoms with Crippen LogP contribution in [0.4, 0.5) is 0 Å². The van der Waals surface area contributed by atoms with Gasteiger partial charge in [0.15, 0.2) is 0 Å². The number of unbranched alkanes of at least 4 members (excludes halogenated alkanes) is 3. The van der Waals surface area contributed by atoms with Crippen molar-refractivity contribution in [3.63, 3.8) is 0 Å². The summed E-state index contributed by atoms with van der Waals surface area (Å²) in [7, 11) is -0.278. The molecule has 0 atom stereocenters. The monoisotopic (exact) mass is 374 g/mol. The zero-order chi connectivity index (χ0) is 19.2. The molecule has 0 radical (unpaired) electrons. The third kappa shape index (κ3) is 5.34. The summed E-state index contributed by atoms with van der Waals surface area (Å²) >= 11 is 1.79. The Bertz CT molecular complexity index is 598. The molecule has 0 spiro atoms. The molecule has 1 aliphatic heterocycles. The highest BCUT2D eigenvalue weighted by molar-refractivity contribution is 7.10. The van der Waals surface area contributed by atoms with Crippen molar-refractivity contribution in [2.75, 3.05) is 0 Å². The fourth-order valence-electron chi connectivity index (χ4n) is 3.02. The first-order valence-corrected chi connectivity index (χ1v) is 11.0. The lowest BCUT2D eigenvalue weighted by Crippen LogP contribution is -2.41. The second kappa shape index (κ2) is 9.39. The van der Waals surface area contributed by atoms with Gasteiger partial charge in [-0.15, -0.1) is 11.3 Å². The number of hydrogen-bond donors (Lipinski definition) is 0. The third-order valence-electron chi connectivity index (χ3n) is 5.46. The topological polar surface area (TPSA) is 18.5 Å². The zero-order valence-electron chi connectivity index (χ0n) is 17.4. The maximum atomic E-state index is 6.41. The van der Waals surface area contributed by atoms with E-state index in [2.05, 4.69) is 71.2 Å². The second-order valence-corrected chi connectivity index (χ2v) is 9.16. The van der Waals surface area contributed by atoms with Crippen molar-refractivity contribution < 1.29 is 9.31 Å². The van der Waals surface area contributed by atoms with Crippen molar-refractivity contribution in [2.24, 2.45) is 0 Å². The largest absolute Gasteiger partial charge is 0.494 e. The lowest BCUT2D eigenvalue weighted by Gasteiger charge is -2.32. The van der Waals surface area contributed by atoms with E-state index >= 15 is 0 Å². The van der Waals surface area contributed by atoms with Gasteiger partial charge in [0.1, 0.15) is 0 Å². The van der Waals surface area contributed by atoms with Gasteiger partial charge in [0.05, 0.1) is 11.2 Å². The van der Waals surface area contributed by atoms with Crippen molar-refractivity contribution in [1.82, 2.24) is 0 Å². The first kappa shape index (κ1) is 21.5. The van der Waals surface area contributed by atoms with Gasteiger partial charge in [-0.1, -0.05) is 45.3 Å². The van der Waals surface area contributed by atoms with Gasteiger partial charge >= 0.3 is 7.12 Å². The van der Waals surface area contributed by atoms with E-state index in [1.165, 1.54) is 41.6 Å². The molecule has 2 rings (SSSR count). The molecule has 0 saturated carbocycles. The normalized spacial score (nSPS) is 20.0. The summed E-state index contributed by atoms with van der Waals surface area (Å²) in [5, 5.41) is 2.14. The molecule has 1 aromatic heterocycles. The number of rotatable bonds is 9. The molecule has 2 nitrogen and oxygen atoms in total. The van der Waals surface area contributed by atoms with Gasteiger partial charge in [-0.05, 0) is 75.5 Å². The summed E-state index contributed by atoms with van der Waals surface area (Å²) in [4.78, 5) is 1.30. The van der Waals surface area contributed by atoms with Gasteiger partial charge < -0.3 is 9.31 Å². The Morgan fingerprint density at radius 2 is 1.73 bits per heavy atom. The molecule has 1 saturated heterocycles. The Labute approximate surface area is 164 Å². The number of hydrogen-bond acceptors (Lipinski definition) is 3. The quantitative estimate of drug-likeness (QED) is 0.261. The van der Waals surface area contributed by atoms with Crippen LogP contribution in [0.25, 0.3) is 6.08 Å². The summed E-state index contributed by atoms with van der Waals surface area (Å²) in [5.74, 6) is 0. The Balaban J connectivity index is 2.36. The predicted octanol–water partition coefficient (Wildman–Crippen LogP) is 7.07. The van der Waals surface area contributed by atoms with Crippen molar-refractivity contribution in [3.05, 3.63) is 39.5 Å². The molecular weight excluding hydrogens is 339 g/mol. The summed E-state index contributed by atoms with van der Waals surface area (Å²) < 4.78 is 12.8. The highest BCUT2D eigenvalue weighted by Crippen LogP contribution is 2.41. The summed E-state index contributed by atoms with van der Waals surface area (Å²) in [6, 6.07) is 4.30. The minimum atomic E-state index is -0.305. The SMILES string of the molecule is CCCC/C=C(B1OC(C)(C)C(C)(C)O1)/C(=C/c1cccs1)CCCC. The van der Waals surface area contributed by atoms with E-state index in [-0.39, 0.29) is 18.3 Å². The van der Waals surface area contributed by atoms with Crippen LogP contribution in [0.3, 0.4) is 0 Å². The highest BCUT2D eigenvalue weighted by Gasteiger charge is 2.52. The zero-order valence-corrected chi connectivity index (χ0v) is 18.2. The van der Waals surface area contributed by atoms with Crippen LogP contribution < -0.4 is 0 Å². The molecule has 0 unspecified atom stereocenters. The molecule has 26 heavy (non-hydrogen) atoms. The van der Waals surface area contributed by atoms with E-state index < -0.39 is 0 Å². The van der Waals surface area contributed by atoms with Crippen LogP contribution in [-0.2, 0) is 9.31 Å². The van der Waals surface area contributed by atoms with Crippen LogP contribution in [0.1, 0.15) is 84.9 Å². The maximum Gasteiger partial charge on any atom is 0.494 e. The van der Waals surface area contributed by atoms with E-state index in [1.54, 1.807) is 11.3 Å².